The van der Waals surface area contributed by atoms with Gasteiger partial charge in [-0.15, -0.1) is 13.2 Å². The highest BCUT2D eigenvalue weighted by Crippen LogP contribution is 2.35. The number of rotatable bonds is 3. The van der Waals surface area contributed by atoms with Crippen LogP contribution >= 0.6 is 0 Å². The van der Waals surface area contributed by atoms with E-state index in [4.69, 9.17) is 5.11 Å². The smallest absolute Gasteiger partial charge is 0.478 e. The highest BCUT2D eigenvalue weighted by Gasteiger charge is 2.35. The fraction of sp³-hybridized carbons (Fsp3) is 0.182. The van der Waals surface area contributed by atoms with Gasteiger partial charge in [-0.3, -0.25) is 0 Å². The first-order chi connectivity index (χ1) is 8.99. The minimum absolute atomic E-state index is 0.377. The number of carboxylic acid groups (broad SMARTS) is 1. The number of benzene rings is 1. The topological polar surface area (TPSA) is 46.5 Å². The van der Waals surface area contributed by atoms with Crippen LogP contribution in [0.4, 0.5) is 26.3 Å². The number of halogens is 6. The zero-order valence-electron chi connectivity index (χ0n) is 9.42. The van der Waals surface area contributed by atoms with Gasteiger partial charge in [0.25, 0.3) is 0 Å². The fourth-order valence-corrected chi connectivity index (χ4v) is 1.30. The molecule has 0 atom stereocenters. The van der Waals surface area contributed by atoms with Crippen LogP contribution in [0.15, 0.2) is 24.3 Å². The SMILES string of the molecule is O=C(O)/C=C/c1cc(OC(F)(F)F)ccc1C(F)(F)F. The zero-order valence-corrected chi connectivity index (χ0v) is 9.42. The molecule has 0 aromatic heterocycles. The quantitative estimate of drug-likeness (QED) is 0.684. The monoisotopic (exact) mass is 300 g/mol. The maximum atomic E-state index is 12.6. The number of hydrogen-bond acceptors (Lipinski definition) is 2. The van der Waals surface area contributed by atoms with Crippen LogP contribution < -0.4 is 4.74 Å². The Hall–Kier alpha value is -2.19. The predicted octanol–water partition coefficient (Wildman–Crippen LogP) is 3.70. The Morgan fingerprint density at radius 1 is 1.15 bits per heavy atom. The summed E-state index contributed by atoms with van der Waals surface area (Å²) < 4.78 is 77.2. The normalized spacial score (nSPS) is 12.7. The summed E-state index contributed by atoms with van der Waals surface area (Å²) in [5, 5.41) is 8.34. The van der Waals surface area contributed by atoms with Gasteiger partial charge in [-0.1, -0.05) is 0 Å². The molecule has 0 radical (unpaired) electrons. The molecular formula is C11H6F6O3. The first-order valence-corrected chi connectivity index (χ1v) is 4.87. The number of carboxylic acids is 1. The Kier molecular flexibility index (Phi) is 4.31. The van der Waals surface area contributed by atoms with E-state index in [2.05, 4.69) is 4.74 Å². The fourth-order valence-electron chi connectivity index (χ4n) is 1.30. The minimum Gasteiger partial charge on any atom is -0.478 e. The molecule has 0 aliphatic rings. The second kappa shape index (κ2) is 5.43. The average molecular weight is 300 g/mol. The molecule has 1 rings (SSSR count). The van der Waals surface area contributed by atoms with Crippen LogP contribution in [-0.2, 0) is 11.0 Å². The van der Waals surface area contributed by atoms with Gasteiger partial charge in [0.2, 0.25) is 0 Å². The van der Waals surface area contributed by atoms with E-state index < -0.39 is 35.4 Å². The number of alkyl halides is 6. The lowest BCUT2D eigenvalue weighted by Crippen LogP contribution is -2.17. The van der Waals surface area contributed by atoms with E-state index in [1.54, 1.807) is 0 Å². The van der Waals surface area contributed by atoms with Crippen molar-refractivity contribution in [2.75, 3.05) is 0 Å². The van der Waals surface area contributed by atoms with Crippen molar-refractivity contribution in [2.24, 2.45) is 0 Å². The first kappa shape index (κ1) is 15.9. The van der Waals surface area contributed by atoms with Crippen LogP contribution in [0.2, 0.25) is 0 Å². The Balaban J connectivity index is 3.25. The van der Waals surface area contributed by atoms with Gasteiger partial charge < -0.3 is 9.84 Å². The van der Waals surface area contributed by atoms with Crippen LogP contribution in [0.5, 0.6) is 5.75 Å². The van der Waals surface area contributed by atoms with E-state index in [-0.39, 0.29) is 0 Å². The van der Waals surface area contributed by atoms with Gasteiger partial charge in [-0.2, -0.15) is 13.2 Å². The number of hydrogen-bond donors (Lipinski definition) is 1. The average Bonchev–Trinajstić information content (AvgIpc) is 2.22. The second-order valence-corrected chi connectivity index (χ2v) is 3.47. The Morgan fingerprint density at radius 2 is 1.75 bits per heavy atom. The maximum Gasteiger partial charge on any atom is 0.573 e. The molecule has 1 aromatic carbocycles. The summed E-state index contributed by atoms with van der Waals surface area (Å²) in [5.41, 5.74) is -2.02. The highest BCUT2D eigenvalue weighted by atomic mass is 19.4. The van der Waals surface area contributed by atoms with Crippen molar-refractivity contribution in [3.8, 4) is 5.75 Å². The van der Waals surface area contributed by atoms with Crippen LogP contribution in [-0.4, -0.2) is 17.4 Å². The van der Waals surface area contributed by atoms with Crippen molar-refractivity contribution in [1.82, 2.24) is 0 Å². The summed E-state index contributed by atoms with van der Waals surface area (Å²) in [6, 6.07) is 1.33. The molecule has 1 aromatic rings. The maximum absolute atomic E-state index is 12.6. The predicted molar refractivity (Wildman–Crippen MR) is 54.8 cm³/mol. The van der Waals surface area contributed by atoms with Gasteiger partial charge in [-0.05, 0) is 29.8 Å². The second-order valence-electron chi connectivity index (χ2n) is 3.47. The van der Waals surface area contributed by atoms with E-state index >= 15 is 0 Å². The third kappa shape index (κ3) is 4.82. The Morgan fingerprint density at radius 3 is 2.20 bits per heavy atom. The van der Waals surface area contributed by atoms with Gasteiger partial charge in [-0.25, -0.2) is 4.79 Å². The van der Waals surface area contributed by atoms with Gasteiger partial charge >= 0.3 is 18.5 Å². The number of ether oxygens (including phenoxy) is 1. The van der Waals surface area contributed by atoms with E-state index in [9.17, 15) is 31.1 Å². The van der Waals surface area contributed by atoms with Crippen molar-refractivity contribution < 1.29 is 41.0 Å². The van der Waals surface area contributed by atoms with Crippen LogP contribution in [0.1, 0.15) is 11.1 Å². The molecule has 110 valence electrons. The van der Waals surface area contributed by atoms with Crippen LogP contribution in [0.25, 0.3) is 6.08 Å². The highest BCUT2D eigenvalue weighted by molar-refractivity contribution is 5.85. The third-order valence-corrected chi connectivity index (χ3v) is 1.97. The van der Waals surface area contributed by atoms with E-state index in [1.165, 1.54) is 0 Å². The summed E-state index contributed by atoms with van der Waals surface area (Å²) >= 11 is 0. The van der Waals surface area contributed by atoms with Crippen molar-refractivity contribution in [3.05, 3.63) is 35.4 Å². The summed E-state index contributed by atoms with van der Waals surface area (Å²) in [6.07, 6.45) is -8.99. The zero-order chi connectivity index (χ0) is 15.6. The Labute approximate surface area is 108 Å². The molecule has 20 heavy (non-hydrogen) atoms. The Bertz CT molecular complexity index is 530. The molecule has 0 bridgehead atoms. The molecule has 0 saturated carbocycles. The molecule has 0 aliphatic heterocycles. The summed E-state index contributed by atoms with van der Waals surface area (Å²) in [7, 11) is 0. The molecule has 0 fully saturated rings. The molecule has 9 heteroatoms. The molecule has 0 aliphatic carbocycles. The molecule has 0 unspecified atom stereocenters. The summed E-state index contributed by atoms with van der Waals surface area (Å²) in [5.74, 6) is -2.42. The molecule has 0 amide bonds. The number of carbonyl (C=O) groups is 1. The van der Waals surface area contributed by atoms with Gasteiger partial charge in [0.1, 0.15) is 5.75 Å². The lowest BCUT2D eigenvalue weighted by atomic mass is 10.1. The van der Waals surface area contributed by atoms with E-state index in [0.29, 0.717) is 30.4 Å². The molecule has 3 nitrogen and oxygen atoms in total. The minimum atomic E-state index is -5.06. The largest absolute Gasteiger partial charge is 0.573 e. The molecule has 0 heterocycles. The van der Waals surface area contributed by atoms with Crippen LogP contribution in [0.3, 0.4) is 0 Å². The summed E-state index contributed by atoms with van der Waals surface area (Å²) in [4.78, 5) is 10.3. The molecule has 1 N–H and O–H groups in total. The van der Waals surface area contributed by atoms with Crippen molar-refractivity contribution in [2.45, 2.75) is 12.5 Å². The lowest BCUT2D eigenvalue weighted by molar-refractivity contribution is -0.274. The van der Waals surface area contributed by atoms with E-state index in [0.717, 1.165) is 0 Å². The van der Waals surface area contributed by atoms with Crippen molar-refractivity contribution in [1.29, 1.82) is 0 Å². The first-order valence-electron chi connectivity index (χ1n) is 4.87. The molecular weight excluding hydrogens is 294 g/mol. The van der Waals surface area contributed by atoms with Gasteiger partial charge in [0.05, 0.1) is 5.56 Å². The molecule has 0 saturated heterocycles. The van der Waals surface area contributed by atoms with Crippen molar-refractivity contribution in [3.63, 3.8) is 0 Å². The van der Waals surface area contributed by atoms with Gasteiger partial charge in [0, 0.05) is 6.08 Å². The van der Waals surface area contributed by atoms with E-state index in [1.807, 2.05) is 0 Å². The lowest BCUT2D eigenvalue weighted by Gasteiger charge is -2.13. The summed E-state index contributed by atoms with van der Waals surface area (Å²) in [6.45, 7) is 0. The number of aliphatic carboxylic acids is 1. The van der Waals surface area contributed by atoms with Gasteiger partial charge in [0.15, 0.2) is 0 Å². The molecule has 0 spiro atoms. The standard InChI is InChI=1S/C11H6F6O3/c12-10(13,14)8-3-2-7(20-11(15,16)17)5-6(8)1-4-9(18)19/h1-5H,(H,18,19)/b4-1+. The third-order valence-electron chi connectivity index (χ3n) is 1.97. The van der Waals surface area contributed by atoms with Crippen molar-refractivity contribution >= 4 is 12.0 Å². The van der Waals surface area contributed by atoms with Crippen LogP contribution in [0, 0.1) is 0 Å².